The zero-order chi connectivity index (χ0) is 86.8. The summed E-state index contributed by atoms with van der Waals surface area (Å²) < 4.78 is 44.1. The Bertz CT molecular complexity index is 5130. The molecule has 0 bridgehead atoms. The maximum atomic E-state index is 13.4. The van der Waals surface area contributed by atoms with Crippen molar-refractivity contribution in [3.05, 3.63) is 257 Å². The van der Waals surface area contributed by atoms with Gasteiger partial charge in [0.15, 0.2) is 0 Å². The first kappa shape index (κ1) is 94.5. The van der Waals surface area contributed by atoms with Gasteiger partial charge in [0.2, 0.25) is 35.4 Å². The minimum Gasteiger partial charge on any atom is -0.461 e. The predicted octanol–water partition coefficient (Wildman–Crippen LogP) is 9.00. The van der Waals surface area contributed by atoms with Crippen LogP contribution in [0.25, 0.3) is 54.1 Å². The first-order valence-electron chi connectivity index (χ1n) is 38.0. The number of amides is 6. The third-order valence-electron chi connectivity index (χ3n) is 17.1. The Labute approximate surface area is 690 Å². The summed E-state index contributed by atoms with van der Waals surface area (Å²) in [7, 11) is 1.39. The van der Waals surface area contributed by atoms with Crippen LogP contribution in [0.15, 0.2) is 205 Å². The van der Waals surface area contributed by atoms with E-state index in [0.717, 1.165) is 49.7 Å². The maximum absolute atomic E-state index is 13.4. The van der Waals surface area contributed by atoms with E-state index in [1.165, 1.54) is 33.0 Å². The van der Waals surface area contributed by atoms with E-state index in [9.17, 15) is 57.5 Å². The number of esters is 4. The molecule has 6 amide bonds. The molecule has 0 saturated heterocycles. The molecule has 4 atom stereocenters. The molecule has 9 aromatic rings. The number of azide groups is 2. The summed E-state index contributed by atoms with van der Waals surface area (Å²) in [6.07, 6.45) is 5.92. The number of rotatable bonds is 41. The lowest BCUT2D eigenvalue weighted by Gasteiger charge is -2.23. The third kappa shape index (κ3) is 36.2. The second kappa shape index (κ2) is 53.0. The fraction of sp³-hybridized carbons (Fsp3) is 0.341. The topological polar surface area (TPSA) is 487 Å². The fourth-order valence-corrected chi connectivity index (χ4v) is 11.1. The molecule has 0 aliphatic carbocycles. The molecule has 35 heteroatoms. The predicted molar refractivity (Wildman–Crippen MR) is 439 cm³/mol. The first-order valence-corrected chi connectivity index (χ1v) is 38.0. The van der Waals surface area contributed by atoms with Crippen molar-refractivity contribution in [3.63, 3.8) is 0 Å². The van der Waals surface area contributed by atoms with Crippen LogP contribution >= 0.6 is 0 Å². The van der Waals surface area contributed by atoms with Crippen molar-refractivity contribution in [1.82, 2.24) is 46.9 Å². The summed E-state index contributed by atoms with van der Waals surface area (Å²) in [6, 6.07) is 45.5. The number of hydrogen-bond donors (Lipinski definition) is 6. The lowest BCUT2D eigenvalue weighted by Crippen LogP contribution is -2.54. The maximum Gasteiger partial charge on any atom is 0.336 e. The SMILES string of the molecule is C#Cc1ccc2c(C)cc(=O)oc2c1.CC(=O)N[C@H](CCC(=O)OCc1ccccc1)C(=O)N[C@@H](CCC(=O)OCc1ccccc1)C(=O)NCCOCCN=[N+]=[N-].CC(=O)N[C@H](CCC(=O)OCc1ccccc1)C(=O)N[C@@H](CCC(=O)OCc1ccccc1)C(=O)NCCOCCn1cc(-c2ccc3c(C)cc(=O)oc3c2)nn1.CN=[N+]=[N-]. The lowest BCUT2D eigenvalue weighted by molar-refractivity contribution is -0.146. The average Bonchev–Trinajstić information content (AvgIpc) is 1.35. The van der Waals surface area contributed by atoms with Crippen molar-refractivity contribution in [2.45, 2.75) is 136 Å². The van der Waals surface area contributed by atoms with Crippen molar-refractivity contribution in [1.29, 1.82) is 0 Å². The van der Waals surface area contributed by atoms with Crippen molar-refractivity contribution < 1.29 is 85.2 Å². The van der Waals surface area contributed by atoms with Crippen LogP contribution in [0.4, 0.5) is 0 Å². The van der Waals surface area contributed by atoms with E-state index in [-0.39, 0.29) is 129 Å². The highest BCUT2D eigenvalue weighted by Gasteiger charge is 2.30. The molecule has 0 aliphatic rings. The number of hydrogen-bond acceptors (Lipinski definition) is 24. The van der Waals surface area contributed by atoms with E-state index in [1.54, 1.807) is 47.3 Å². The highest BCUT2D eigenvalue weighted by molar-refractivity contribution is 5.94. The van der Waals surface area contributed by atoms with E-state index >= 15 is 0 Å². The van der Waals surface area contributed by atoms with Gasteiger partial charge in [-0.2, -0.15) is 0 Å². The molecule has 9 rings (SSSR count). The molecule has 0 unspecified atom stereocenters. The zero-order valence-corrected chi connectivity index (χ0v) is 67.0. The van der Waals surface area contributed by atoms with Gasteiger partial charge >= 0.3 is 35.1 Å². The van der Waals surface area contributed by atoms with Gasteiger partial charge in [-0.05, 0) is 108 Å². The Balaban J connectivity index is 0.000000314. The van der Waals surface area contributed by atoms with Gasteiger partial charge in [0, 0.05) is 110 Å². The van der Waals surface area contributed by atoms with Crippen LogP contribution in [0.3, 0.4) is 0 Å². The number of carbonyl (C=O) groups excluding carboxylic acids is 10. The van der Waals surface area contributed by atoms with Gasteiger partial charge in [-0.25, -0.2) is 14.3 Å². The van der Waals surface area contributed by atoms with Crippen molar-refractivity contribution in [2.24, 2.45) is 10.2 Å². The molecular formula is C85H95N15O20. The van der Waals surface area contributed by atoms with Gasteiger partial charge in [0.25, 0.3) is 0 Å². The number of aromatic nitrogens is 3. The van der Waals surface area contributed by atoms with Crippen molar-refractivity contribution in [2.75, 3.05) is 53.1 Å². The van der Waals surface area contributed by atoms with Crippen LogP contribution in [-0.4, -0.2) is 152 Å². The van der Waals surface area contributed by atoms with E-state index in [1.807, 2.05) is 135 Å². The summed E-state index contributed by atoms with van der Waals surface area (Å²) in [6.45, 7) is 7.69. The van der Waals surface area contributed by atoms with Crippen molar-refractivity contribution >= 4 is 81.3 Å². The number of ether oxygens (including phenoxy) is 6. The standard InChI is InChI=1S/C42H46N6O10.C30H38N6O8.C12H8O2.CH3N3/c1-28-23-40(52)58-37-24-32(13-14-33(28)37)36-25-48(47-46-36)20-22-55-21-19-43-41(53)34(15-17-38(50)56-26-30-9-5-3-6-10-30)45-42(54)35(44-29(2)49)16-18-39(51)57-27-31-11-7-4-8-12-31;1-22(37)34-26(13-15-28(39)44-21-24-10-6-3-7-11-24)30(41)35-25(29(40)32-16-18-42-19-17-33-36-31)12-14-27(38)43-20-23-8-4-2-5-9-23;1-3-9-4-5-10-8(2)6-12(13)14-11(10)7-9;1-3-4-2/h3-14,23-25,34-35H,15-22,26-27H2,1-2H3,(H,43,53)(H,44,49)(H,45,54);2-11,25-26H,12-21H2,1H3,(H,32,40)(H,34,37)(H,35,41);1,4-7H,2H3;1H3/t34-,35+;25-,26+;;/m00../s1. The Morgan fingerprint density at radius 1 is 0.492 bits per heavy atom. The normalized spacial score (nSPS) is 11.4. The van der Waals surface area contributed by atoms with E-state index in [0.29, 0.717) is 29.0 Å². The second-order valence-corrected chi connectivity index (χ2v) is 26.3. The van der Waals surface area contributed by atoms with Gasteiger partial charge < -0.3 is 69.2 Å². The van der Waals surface area contributed by atoms with Crippen LogP contribution in [0.1, 0.15) is 104 Å². The highest BCUT2D eigenvalue weighted by atomic mass is 16.5. The molecule has 0 aliphatic heterocycles. The number of nitrogens with one attached hydrogen (secondary N) is 6. The second-order valence-electron chi connectivity index (χ2n) is 26.3. The van der Waals surface area contributed by atoms with Gasteiger partial charge in [0.1, 0.15) is 67.5 Å². The van der Waals surface area contributed by atoms with Crippen LogP contribution in [0.5, 0.6) is 0 Å². The summed E-state index contributed by atoms with van der Waals surface area (Å²) >= 11 is 0. The average molecular weight is 1650 g/mol. The van der Waals surface area contributed by atoms with Gasteiger partial charge in [-0.15, -0.1) is 11.5 Å². The molecule has 0 spiro atoms. The van der Waals surface area contributed by atoms with E-state index in [2.05, 4.69) is 68.2 Å². The number of fused-ring (bicyclic) bond motifs is 2. The van der Waals surface area contributed by atoms with Gasteiger partial charge in [-0.1, -0.05) is 155 Å². The molecular weight excluding hydrogens is 1550 g/mol. The molecule has 6 N–H and O–H groups in total. The Morgan fingerprint density at radius 3 is 1.24 bits per heavy atom. The zero-order valence-electron chi connectivity index (χ0n) is 67.0. The van der Waals surface area contributed by atoms with Gasteiger partial charge in [0.05, 0.1) is 39.2 Å². The van der Waals surface area contributed by atoms with Gasteiger partial charge in [-0.3, -0.25) is 47.9 Å². The fourth-order valence-electron chi connectivity index (χ4n) is 11.1. The quantitative estimate of drug-likeness (QED) is 0.00304. The molecule has 3 aromatic heterocycles. The number of carbonyl (C=O) groups is 10. The number of nitrogens with zero attached hydrogens (tertiary/aromatic N) is 9. The molecule has 3 heterocycles. The van der Waals surface area contributed by atoms with Crippen LogP contribution in [0, 0.1) is 26.2 Å². The minimum atomic E-state index is -1.18. The number of aryl methyl sites for hydroxylation is 2. The summed E-state index contributed by atoms with van der Waals surface area (Å²) in [4.78, 5) is 155. The van der Waals surface area contributed by atoms with Crippen LogP contribution in [-0.2, 0) is 109 Å². The Kier molecular flexibility index (Phi) is 41.8. The minimum absolute atomic E-state index is 0.0454. The smallest absolute Gasteiger partial charge is 0.336 e. The van der Waals surface area contributed by atoms with Crippen LogP contribution < -0.4 is 43.2 Å². The molecule has 0 fully saturated rings. The largest absolute Gasteiger partial charge is 0.461 e. The summed E-state index contributed by atoms with van der Waals surface area (Å²) in [5, 5.41) is 31.9. The Morgan fingerprint density at radius 2 is 0.867 bits per heavy atom. The Hall–Kier alpha value is -14.3. The lowest BCUT2D eigenvalue weighted by atomic mass is 10.1. The molecule has 0 radical (unpaired) electrons. The summed E-state index contributed by atoms with van der Waals surface area (Å²) in [5.41, 5.74) is 22.8. The molecule has 6 aromatic carbocycles. The summed E-state index contributed by atoms with van der Waals surface area (Å²) in [5.74, 6) is -3.39. The monoisotopic (exact) mass is 1650 g/mol. The van der Waals surface area contributed by atoms with E-state index in [4.69, 9.17) is 54.7 Å². The third-order valence-corrected chi connectivity index (χ3v) is 17.1. The highest BCUT2D eigenvalue weighted by Crippen LogP contribution is 2.25. The van der Waals surface area contributed by atoms with E-state index < -0.39 is 89.1 Å². The molecule has 35 nitrogen and oxygen atoms in total. The van der Waals surface area contributed by atoms with Crippen LogP contribution in [0.2, 0.25) is 0 Å². The van der Waals surface area contributed by atoms with Crippen molar-refractivity contribution in [3.8, 4) is 23.6 Å². The molecule has 630 valence electrons. The molecule has 0 saturated carbocycles. The molecule has 120 heavy (non-hydrogen) atoms. The number of benzene rings is 6. The first-order chi connectivity index (χ1) is 57.9. The number of terminal acetylenes is 1.